The van der Waals surface area contributed by atoms with E-state index in [1.807, 2.05) is 6.92 Å². The Morgan fingerprint density at radius 1 is 1.17 bits per heavy atom. The van der Waals surface area contributed by atoms with Gasteiger partial charge in [-0.25, -0.2) is 0 Å². The number of hydrogen-bond donors (Lipinski definition) is 2. The Bertz CT molecular complexity index is 1260. The Labute approximate surface area is 208 Å². The van der Waals surface area contributed by atoms with E-state index in [1.54, 1.807) is 48.5 Å². The van der Waals surface area contributed by atoms with Gasteiger partial charge in [-0.05, 0) is 49.4 Å². The van der Waals surface area contributed by atoms with Gasteiger partial charge in [0.2, 0.25) is 5.88 Å². The molecule has 3 N–H and O–H groups in total. The maximum Gasteiger partial charge on any atom is 0.265 e. The number of aromatic hydroxyl groups is 1. The number of allylic oxidation sites excluding steroid dienone is 2. The molecule has 0 saturated carbocycles. The average Bonchev–Trinajstić information content (AvgIpc) is 2.86. The van der Waals surface area contributed by atoms with Crippen LogP contribution >= 0.6 is 11.6 Å². The van der Waals surface area contributed by atoms with Crippen molar-refractivity contribution in [2.75, 3.05) is 20.8 Å². The number of aliphatic imine (C=N–C) groups is 1. The minimum atomic E-state index is -0.527. The Morgan fingerprint density at radius 2 is 1.83 bits per heavy atom. The number of ether oxygens (including phenoxy) is 3. The van der Waals surface area contributed by atoms with E-state index in [1.165, 1.54) is 25.0 Å². The van der Waals surface area contributed by atoms with E-state index in [4.69, 9.17) is 31.5 Å². The first-order valence-corrected chi connectivity index (χ1v) is 11.1. The predicted octanol–water partition coefficient (Wildman–Crippen LogP) is 3.93. The number of nitrogens with zero attached hydrogens (tertiary/aromatic N) is 3. The number of nitrogens with two attached hydrogens (primary N) is 1. The van der Waals surface area contributed by atoms with E-state index < -0.39 is 11.4 Å². The van der Waals surface area contributed by atoms with Gasteiger partial charge in [0.15, 0.2) is 0 Å². The largest absolute Gasteiger partial charge is 0.494 e. The van der Waals surface area contributed by atoms with Gasteiger partial charge in [-0.15, -0.1) is 0 Å². The zero-order chi connectivity index (χ0) is 25.4. The summed E-state index contributed by atoms with van der Waals surface area (Å²) in [5.41, 5.74) is 6.95. The molecule has 184 valence electrons. The zero-order valence-corrected chi connectivity index (χ0v) is 20.5. The summed E-state index contributed by atoms with van der Waals surface area (Å²) in [6, 6.07) is 12.1. The summed E-state index contributed by atoms with van der Waals surface area (Å²) in [5.74, 6) is 0.538. The third-order valence-electron chi connectivity index (χ3n) is 5.00. The molecule has 2 aromatic carbocycles. The highest BCUT2D eigenvalue weighted by Crippen LogP contribution is 2.33. The van der Waals surface area contributed by atoms with Crippen LogP contribution in [0.1, 0.15) is 18.3 Å². The first-order valence-electron chi connectivity index (χ1n) is 10.8. The number of hydrogen-bond acceptors (Lipinski definition) is 8. The van der Waals surface area contributed by atoms with Crippen molar-refractivity contribution in [1.29, 1.82) is 0 Å². The van der Waals surface area contributed by atoms with Crippen molar-refractivity contribution in [2.45, 2.75) is 20.0 Å². The SMILES string of the molecule is CCOCc1nc(O)c(CC(N)=CC=Nc2ccc(Cl)cc2)c(=O)n1-c1c(OC)cccc1OC. The van der Waals surface area contributed by atoms with Crippen LogP contribution < -0.4 is 20.8 Å². The molecule has 1 aromatic heterocycles. The van der Waals surface area contributed by atoms with Crippen molar-refractivity contribution in [1.82, 2.24) is 9.55 Å². The minimum absolute atomic E-state index is 0.00634. The van der Waals surface area contributed by atoms with Gasteiger partial charge < -0.3 is 25.1 Å². The van der Waals surface area contributed by atoms with Crippen molar-refractivity contribution < 1.29 is 19.3 Å². The fraction of sp³-hybridized carbons (Fsp3) is 0.240. The molecule has 3 rings (SSSR count). The maximum absolute atomic E-state index is 13.6. The summed E-state index contributed by atoms with van der Waals surface area (Å²) in [7, 11) is 2.97. The smallest absolute Gasteiger partial charge is 0.265 e. The van der Waals surface area contributed by atoms with Crippen LogP contribution in [0.25, 0.3) is 5.69 Å². The third kappa shape index (κ3) is 6.20. The Morgan fingerprint density at radius 3 is 2.43 bits per heavy atom. The normalized spacial score (nSPS) is 11.7. The summed E-state index contributed by atoms with van der Waals surface area (Å²) < 4.78 is 17.8. The first kappa shape index (κ1) is 25.8. The van der Waals surface area contributed by atoms with Gasteiger partial charge in [-0.1, -0.05) is 17.7 Å². The molecule has 0 aliphatic heterocycles. The summed E-state index contributed by atoms with van der Waals surface area (Å²) >= 11 is 5.88. The van der Waals surface area contributed by atoms with E-state index in [0.717, 1.165) is 0 Å². The van der Waals surface area contributed by atoms with Gasteiger partial charge in [-0.2, -0.15) is 4.98 Å². The van der Waals surface area contributed by atoms with Crippen LogP contribution in [0.5, 0.6) is 17.4 Å². The van der Waals surface area contributed by atoms with E-state index in [9.17, 15) is 9.90 Å². The molecule has 10 heteroatoms. The second-order valence-electron chi connectivity index (χ2n) is 7.29. The Hall–Kier alpha value is -3.82. The first-order chi connectivity index (χ1) is 16.9. The molecule has 35 heavy (non-hydrogen) atoms. The maximum atomic E-state index is 13.6. The molecule has 0 aliphatic rings. The van der Waals surface area contributed by atoms with E-state index in [2.05, 4.69) is 9.98 Å². The standard InChI is InChI=1S/C25H27ClN4O5/c1-4-35-15-22-29-24(31)19(14-17(27)12-13-28-18-10-8-16(26)9-11-18)25(32)30(22)23-20(33-2)6-5-7-21(23)34-3/h5-13,31H,4,14-15,27H2,1-3H3. The molecule has 0 aliphatic carbocycles. The van der Waals surface area contributed by atoms with Crippen LogP contribution in [0.3, 0.4) is 0 Å². The number of benzene rings is 2. The topological polar surface area (TPSA) is 121 Å². The van der Waals surface area contributed by atoms with Crippen LogP contribution in [0, 0.1) is 0 Å². The lowest BCUT2D eigenvalue weighted by molar-refractivity contribution is 0.125. The molecule has 0 fully saturated rings. The van der Waals surface area contributed by atoms with Crippen molar-refractivity contribution in [3.8, 4) is 23.1 Å². The van der Waals surface area contributed by atoms with Gasteiger partial charge in [0.25, 0.3) is 5.56 Å². The van der Waals surface area contributed by atoms with Crippen molar-refractivity contribution in [3.05, 3.63) is 81.0 Å². The van der Waals surface area contributed by atoms with Gasteiger partial charge in [0.1, 0.15) is 29.6 Å². The third-order valence-corrected chi connectivity index (χ3v) is 5.26. The van der Waals surface area contributed by atoms with Crippen LogP contribution in [-0.4, -0.2) is 41.7 Å². The fourth-order valence-corrected chi connectivity index (χ4v) is 3.45. The highest BCUT2D eigenvalue weighted by molar-refractivity contribution is 6.30. The number of halogens is 1. The van der Waals surface area contributed by atoms with Crippen LogP contribution in [-0.2, 0) is 17.8 Å². The molecular formula is C25H27ClN4O5. The molecule has 0 amide bonds. The second-order valence-corrected chi connectivity index (χ2v) is 7.73. The lowest BCUT2D eigenvalue weighted by atomic mass is 10.1. The Balaban J connectivity index is 2.05. The van der Waals surface area contributed by atoms with Crippen molar-refractivity contribution in [2.24, 2.45) is 10.7 Å². The molecule has 3 aromatic rings. The monoisotopic (exact) mass is 498 g/mol. The molecule has 9 nitrogen and oxygen atoms in total. The molecule has 0 atom stereocenters. The summed E-state index contributed by atoms with van der Waals surface area (Å²) in [5, 5.41) is 11.2. The van der Waals surface area contributed by atoms with E-state index in [-0.39, 0.29) is 24.4 Å². The number of para-hydroxylation sites is 1. The minimum Gasteiger partial charge on any atom is -0.494 e. The highest BCUT2D eigenvalue weighted by atomic mass is 35.5. The van der Waals surface area contributed by atoms with Gasteiger partial charge >= 0.3 is 0 Å². The number of rotatable bonds is 10. The summed E-state index contributed by atoms with van der Waals surface area (Å²) in [4.78, 5) is 22.2. The van der Waals surface area contributed by atoms with Crippen molar-refractivity contribution >= 4 is 23.5 Å². The van der Waals surface area contributed by atoms with Crippen molar-refractivity contribution in [3.63, 3.8) is 0 Å². The lowest BCUT2D eigenvalue weighted by Crippen LogP contribution is -2.29. The van der Waals surface area contributed by atoms with Crippen LogP contribution in [0.15, 0.2) is 64.0 Å². The summed E-state index contributed by atoms with van der Waals surface area (Å²) in [6.07, 6.45) is 3.00. The van der Waals surface area contributed by atoms with Gasteiger partial charge in [0, 0.05) is 30.0 Å². The van der Waals surface area contributed by atoms with Crippen LogP contribution in [0.4, 0.5) is 5.69 Å². The van der Waals surface area contributed by atoms with E-state index in [0.29, 0.717) is 40.2 Å². The summed E-state index contributed by atoms with van der Waals surface area (Å²) in [6.45, 7) is 2.20. The zero-order valence-electron chi connectivity index (χ0n) is 19.7. The molecule has 0 bridgehead atoms. The fourth-order valence-electron chi connectivity index (χ4n) is 3.32. The molecule has 0 unspecified atom stereocenters. The highest BCUT2D eigenvalue weighted by Gasteiger charge is 2.23. The number of methoxy groups -OCH3 is 2. The Kier molecular flexibility index (Phi) is 8.88. The molecular weight excluding hydrogens is 472 g/mol. The van der Waals surface area contributed by atoms with Gasteiger partial charge in [0.05, 0.1) is 25.5 Å². The molecule has 0 saturated heterocycles. The molecule has 0 spiro atoms. The quantitative estimate of drug-likeness (QED) is 0.406. The molecule has 0 radical (unpaired) electrons. The lowest BCUT2D eigenvalue weighted by Gasteiger charge is -2.19. The van der Waals surface area contributed by atoms with E-state index >= 15 is 0 Å². The number of aromatic nitrogens is 2. The van der Waals surface area contributed by atoms with Gasteiger partial charge in [-0.3, -0.25) is 14.4 Å². The second kappa shape index (κ2) is 12.0. The van der Waals surface area contributed by atoms with Crippen LogP contribution in [0.2, 0.25) is 5.02 Å². The molecule has 1 heterocycles. The average molecular weight is 499 g/mol. The predicted molar refractivity (Wildman–Crippen MR) is 136 cm³/mol.